The number of nitrogens with zero attached hydrogens (tertiary/aromatic N) is 2. The van der Waals surface area contributed by atoms with Crippen LogP contribution in [0.2, 0.25) is 0 Å². The van der Waals surface area contributed by atoms with E-state index in [4.69, 9.17) is 0 Å². The first kappa shape index (κ1) is 23.0. The van der Waals surface area contributed by atoms with Crippen LogP contribution in [0, 0.1) is 0 Å². The third kappa shape index (κ3) is 6.39. The molecule has 0 atom stereocenters. The quantitative estimate of drug-likeness (QED) is 0.288. The number of thiophene rings is 1. The van der Waals surface area contributed by atoms with Gasteiger partial charge < -0.3 is 10.2 Å². The minimum absolute atomic E-state index is 0.109. The number of hydrazone groups is 1. The topological polar surface area (TPSA) is 73.8 Å². The number of rotatable bonds is 9. The van der Waals surface area contributed by atoms with E-state index < -0.39 is 5.91 Å². The average Bonchev–Trinajstić information content (AvgIpc) is 3.34. The van der Waals surface area contributed by atoms with Crippen molar-refractivity contribution in [3.63, 3.8) is 0 Å². The van der Waals surface area contributed by atoms with E-state index in [2.05, 4.69) is 34.6 Å². The minimum atomic E-state index is -0.505. The molecule has 0 spiro atoms. The van der Waals surface area contributed by atoms with Gasteiger partial charge in [0, 0.05) is 29.2 Å². The highest BCUT2D eigenvalue weighted by Crippen LogP contribution is 2.16. The molecule has 6 nitrogen and oxygen atoms in total. The largest absolute Gasteiger partial charge is 0.372 e. The van der Waals surface area contributed by atoms with Gasteiger partial charge in [-0.3, -0.25) is 9.59 Å². The van der Waals surface area contributed by atoms with Gasteiger partial charge in [0.25, 0.3) is 11.8 Å². The van der Waals surface area contributed by atoms with Crippen LogP contribution in [-0.2, 0) is 4.79 Å². The summed E-state index contributed by atoms with van der Waals surface area (Å²) in [5.74, 6) is -0.871. The molecule has 0 fully saturated rings. The smallest absolute Gasteiger partial charge is 0.287 e. The fourth-order valence-electron chi connectivity index (χ4n) is 3.06. The van der Waals surface area contributed by atoms with Crippen molar-refractivity contribution in [3.8, 4) is 0 Å². The average molecular weight is 447 g/mol. The second-order valence-electron chi connectivity index (χ2n) is 6.86. The minimum Gasteiger partial charge on any atom is -0.372 e. The number of amides is 2. The summed E-state index contributed by atoms with van der Waals surface area (Å²) < 4.78 is 0. The van der Waals surface area contributed by atoms with Gasteiger partial charge in [0.15, 0.2) is 0 Å². The van der Waals surface area contributed by atoms with Crippen LogP contribution in [0.15, 0.2) is 82.9 Å². The third-order valence-electron chi connectivity index (χ3n) is 4.76. The Kier molecular flexibility index (Phi) is 8.34. The number of benzene rings is 2. The Morgan fingerprint density at radius 2 is 1.69 bits per heavy atom. The van der Waals surface area contributed by atoms with Crippen molar-refractivity contribution in [3.05, 3.63) is 93.8 Å². The van der Waals surface area contributed by atoms with Gasteiger partial charge in [0.2, 0.25) is 0 Å². The molecule has 164 valence electrons. The summed E-state index contributed by atoms with van der Waals surface area (Å²) in [4.78, 5) is 28.6. The molecule has 2 N–H and O–H groups in total. The SMILES string of the molecule is CCN(CC)c1ccc(/C=C(\NC(=O)c2ccccc2)C(=O)N/N=C\c2cccs2)cc1. The first-order chi connectivity index (χ1) is 15.6. The third-order valence-corrected chi connectivity index (χ3v) is 5.57. The van der Waals surface area contributed by atoms with Gasteiger partial charge in [0.1, 0.15) is 5.70 Å². The van der Waals surface area contributed by atoms with Crippen LogP contribution < -0.4 is 15.6 Å². The van der Waals surface area contributed by atoms with E-state index in [9.17, 15) is 9.59 Å². The molecule has 3 aromatic rings. The molecule has 32 heavy (non-hydrogen) atoms. The molecule has 1 heterocycles. The van der Waals surface area contributed by atoms with Crippen molar-refractivity contribution >= 4 is 41.1 Å². The van der Waals surface area contributed by atoms with Crippen molar-refractivity contribution < 1.29 is 9.59 Å². The predicted octanol–water partition coefficient (Wildman–Crippen LogP) is 4.52. The summed E-state index contributed by atoms with van der Waals surface area (Å²) in [7, 11) is 0. The van der Waals surface area contributed by atoms with E-state index in [1.807, 2.05) is 47.8 Å². The fraction of sp³-hybridized carbons (Fsp3) is 0.160. The molecule has 0 aliphatic rings. The lowest BCUT2D eigenvalue weighted by atomic mass is 10.1. The summed E-state index contributed by atoms with van der Waals surface area (Å²) in [5, 5.41) is 8.64. The molecule has 0 bridgehead atoms. The monoisotopic (exact) mass is 446 g/mol. The maximum Gasteiger partial charge on any atom is 0.287 e. The Hall–Kier alpha value is -3.71. The molecule has 7 heteroatoms. The van der Waals surface area contributed by atoms with E-state index >= 15 is 0 Å². The van der Waals surface area contributed by atoms with Crippen LogP contribution in [0.1, 0.15) is 34.6 Å². The number of carbonyl (C=O) groups is 2. The van der Waals surface area contributed by atoms with Gasteiger partial charge in [-0.2, -0.15) is 5.10 Å². The van der Waals surface area contributed by atoms with Gasteiger partial charge >= 0.3 is 0 Å². The maximum absolute atomic E-state index is 12.8. The van der Waals surface area contributed by atoms with Crippen LogP contribution in [0.25, 0.3) is 6.08 Å². The normalized spacial score (nSPS) is 11.4. The number of carbonyl (C=O) groups excluding carboxylic acids is 2. The van der Waals surface area contributed by atoms with E-state index in [1.165, 1.54) is 11.3 Å². The van der Waals surface area contributed by atoms with E-state index in [-0.39, 0.29) is 11.6 Å². The number of hydrogen-bond acceptors (Lipinski definition) is 5. The molecule has 0 unspecified atom stereocenters. The zero-order valence-corrected chi connectivity index (χ0v) is 18.9. The van der Waals surface area contributed by atoms with Gasteiger partial charge in [-0.25, -0.2) is 5.43 Å². The molecule has 0 saturated heterocycles. The summed E-state index contributed by atoms with van der Waals surface area (Å²) in [5.41, 5.74) is 4.96. The molecule has 3 rings (SSSR count). The zero-order valence-electron chi connectivity index (χ0n) is 18.1. The summed E-state index contributed by atoms with van der Waals surface area (Å²) in [6.07, 6.45) is 3.21. The molecule has 0 saturated carbocycles. The van der Waals surface area contributed by atoms with E-state index in [0.29, 0.717) is 5.56 Å². The standard InChI is InChI=1S/C25H26N4O2S/c1-3-29(4-2)21-14-12-19(13-15-21)17-23(27-24(30)20-9-6-5-7-10-20)25(31)28-26-18-22-11-8-16-32-22/h5-18H,3-4H2,1-2H3,(H,27,30)(H,28,31)/b23-17-,26-18-. The zero-order chi connectivity index (χ0) is 22.8. The number of nitrogens with one attached hydrogen (secondary N) is 2. The second kappa shape index (κ2) is 11.6. The Labute approximate surface area is 192 Å². The van der Waals surface area contributed by atoms with Crippen molar-refractivity contribution in [2.45, 2.75) is 13.8 Å². The highest BCUT2D eigenvalue weighted by atomic mass is 32.1. The van der Waals surface area contributed by atoms with E-state index in [0.717, 1.165) is 29.2 Å². The highest BCUT2D eigenvalue weighted by Gasteiger charge is 2.14. The number of hydrogen-bond donors (Lipinski definition) is 2. The lowest BCUT2D eigenvalue weighted by molar-refractivity contribution is -0.117. The van der Waals surface area contributed by atoms with Crippen molar-refractivity contribution in [2.24, 2.45) is 5.10 Å². The molecule has 2 amide bonds. The van der Waals surface area contributed by atoms with Crippen LogP contribution >= 0.6 is 11.3 Å². The van der Waals surface area contributed by atoms with Crippen LogP contribution in [-0.4, -0.2) is 31.1 Å². The lowest BCUT2D eigenvalue weighted by Crippen LogP contribution is -2.32. The molecule has 0 aliphatic heterocycles. The van der Waals surface area contributed by atoms with Gasteiger partial charge in [-0.1, -0.05) is 36.4 Å². The predicted molar refractivity (Wildman–Crippen MR) is 132 cm³/mol. The highest BCUT2D eigenvalue weighted by molar-refractivity contribution is 7.11. The van der Waals surface area contributed by atoms with Gasteiger partial charge in [0.05, 0.1) is 6.21 Å². The Balaban J connectivity index is 1.81. The van der Waals surface area contributed by atoms with Crippen LogP contribution in [0.5, 0.6) is 0 Å². The van der Waals surface area contributed by atoms with Crippen molar-refractivity contribution in [1.29, 1.82) is 0 Å². The molecule has 1 aromatic heterocycles. The lowest BCUT2D eigenvalue weighted by Gasteiger charge is -2.20. The summed E-state index contributed by atoms with van der Waals surface area (Å²) >= 11 is 1.51. The summed E-state index contributed by atoms with van der Waals surface area (Å²) in [6.45, 7) is 6.04. The maximum atomic E-state index is 12.8. The van der Waals surface area contributed by atoms with E-state index in [1.54, 1.807) is 36.6 Å². The Bertz CT molecular complexity index is 1070. The van der Waals surface area contributed by atoms with Gasteiger partial charge in [-0.05, 0) is 61.2 Å². The first-order valence-corrected chi connectivity index (χ1v) is 11.3. The second-order valence-corrected chi connectivity index (χ2v) is 7.84. The number of anilines is 1. The Morgan fingerprint density at radius 1 is 0.969 bits per heavy atom. The van der Waals surface area contributed by atoms with Crippen molar-refractivity contribution in [2.75, 3.05) is 18.0 Å². The van der Waals surface area contributed by atoms with Gasteiger partial charge in [-0.15, -0.1) is 11.3 Å². The molecule has 0 radical (unpaired) electrons. The van der Waals surface area contributed by atoms with Crippen molar-refractivity contribution in [1.82, 2.24) is 10.7 Å². The van der Waals surface area contributed by atoms with Crippen LogP contribution in [0.3, 0.4) is 0 Å². The molecule has 0 aliphatic carbocycles. The first-order valence-electron chi connectivity index (χ1n) is 10.4. The molecular weight excluding hydrogens is 420 g/mol. The molecule has 2 aromatic carbocycles. The summed E-state index contributed by atoms with van der Waals surface area (Å²) in [6, 6.07) is 20.4. The Morgan fingerprint density at radius 3 is 2.31 bits per heavy atom. The fourth-order valence-corrected chi connectivity index (χ4v) is 3.64. The molecular formula is C25H26N4O2S. The van der Waals surface area contributed by atoms with Crippen LogP contribution in [0.4, 0.5) is 5.69 Å².